The fourth-order valence-electron chi connectivity index (χ4n) is 1.32. The van der Waals surface area contributed by atoms with Crippen LogP contribution in [0.4, 0.5) is 0 Å². The largest absolute Gasteiger partial charge is 0.502 e. The van der Waals surface area contributed by atoms with Crippen LogP contribution >= 0.6 is 11.8 Å². The van der Waals surface area contributed by atoms with Gasteiger partial charge in [0.2, 0.25) is 0 Å². The highest BCUT2D eigenvalue weighted by Crippen LogP contribution is 2.28. The molecule has 0 saturated carbocycles. The number of aromatic nitrogens is 1. The number of hydrogen-bond donors (Lipinski definition) is 1. The van der Waals surface area contributed by atoms with Gasteiger partial charge in [-0.2, -0.15) is 4.57 Å². The number of nitrogens with zero attached hydrogens (tertiary/aromatic N) is 1. The Hall–Kier alpha value is -0.700. The van der Waals surface area contributed by atoms with Crippen molar-refractivity contribution in [2.24, 2.45) is 0 Å². The molecule has 0 amide bonds. The zero-order valence-corrected chi connectivity index (χ0v) is 7.19. The molecule has 0 spiro atoms. The lowest BCUT2D eigenvalue weighted by Gasteiger charge is -1.96. The topological polar surface area (TPSA) is 24.1 Å². The Bertz CT molecular complexity index is 269. The molecule has 3 heteroatoms. The second-order valence-electron chi connectivity index (χ2n) is 2.67. The van der Waals surface area contributed by atoms with Crippen LogP contribution in [0.15, 0.2) is 17.2 Å². The van der Waals surface area contributed by atoms with Gasteiger partial charge < -0.3 is 5.11 Å². The van der Waals surface area contributed by atoms with E-state index >= 15 is 0 Å². The van der Waals surface area contributed by atoms with E-state index in [2.05, 4.69) is 11.5 Å². The fraction of sp³-hybridized carbons (Fsp3) is 0.375. The van der Waals surface area contributed by atoms with Gasteiger partial charge in [-0.05, 0) is 17.8 Å². The van der Waals surface area contributed by atoms with Crippen LogP contribution < -0.4 is 4.57 Å². The molecule has 2 rings (SSSR count). The molecule has 0 radical (unpaired) electrons. The first-order valence-corrected chi connectivity index (χ1v) is 4.63. The third-order valence-corrected chi connectivity index (χ3v) is 3.02. The van der Waals surface area contributed by atoms with Gasteiger partial charge in [-0.3, -0.25) is 0 Å². The number of aromatic hydroxyl groups is 1. The SMILES string of the molecule is Cc1ccc(O)c2[n+]1CCS2. The van der Waals surface area contributed by atoms with Gasteiger partial charge >= 0.3 is 0 Å². The van der Waals surface area contributed by atoms with E-state index in [0.717, 1.165) is 17.3 Å². The number of pyridine rings is 1. The lowest BCUT2D eigenvalue weighted by atomic mass is 10.3. The maximum atomic E-state index is 9.41. The first kappa shape index (κ1) is 6.98. The number of rotatable bonds is 0. The van der Waals surface area contributed by atoms with Crippen LogP contribution in [-0.4, -0.2) is 10.9 Å². The highest BCUT2D eigenvalue weighted by atomic mass is 32.2. The monoisotopic (exact) mass is 168 g/mol. The van der Waals surface area contributed by atoms with Gasteiger partial charge in [0.15, 0.2) is 18.0 Å². The molecule has 11 heavy (non-hydrogen) atoms. The first-order valence-electron chi connectivity index (χ1n) is 3.64. The van der Waals surface area contributed by atoms with Crippen LogP contribution in [0.5, 0.6) is 5.75 Å². The van der Waals surface area contributed by atoms with Crippen molar-refractivity contribution in [2.45, 2.75) is 18.5 Å². The van der Waals surface area contributed by atoms with E-state index in [9.17, 15) is 5.11 Å². The van der Waals surface area contributed by atoms with Gasteiger partial charge in [-0.15, -0.1) is 0 Å². The summed E-state index contributed by atoms with van der Waals surface area (Å²) >= 11 is 1.72. The standard InChI is InChI=1S/C8H9NOS/c1-6-2-3-7(10)8-9(6)4-5-11-8/h2-3H,4-5H2,1H3/p+1. The Labute approximate surface area is 69.9 Å². The van der Waals surface area contributed by atoms with E-state index in [4.69, 9.17) is 0 Å². The van der Waals surface area contributed by atoms with Gasteiger partial charge in [-0.25, -0.2) is 0 Å². The quantitative estimate of drug-likeness (QED) is 0.586. The van der Waals surface area contributed by atoms with Crippen molar-refractivity contribution in [3.63, 3.8) is 0 Å². The second kappa shape index (κ2) is 2.41. The van der Waals surface area contributed by atoms with Crippen molar-refractivity contribution in [2.75, 3.05) is 5.75 Å². The Morgan fingerprint density at radius 1 is 1.55 bits per heavy atom. The summed E-state index contributed by atoms with van der Waals surface area (Å²) in [4.78, 5) is 0. The smallest absolute Gasteiger partial charge is 0.282 e. The Kier molecular flexibility index (Phi) is 1.53. The van der Waals surface area contributed by atoms with Crippen LogP contribution in [0.1, 0.15) is 5.69 Å². The highest BCUT2D eigenvalue weighted by molar-refractivity contribution is 7.99. The summed E-state index contributed by atoms with van der Waals surface area (Å²) in [5, 5.41) is 10.4. The average molecular weight is 168 g/mol. The molecule has 0 fully saturated rings. The van der Waals surface area contributed by atoms with Crippen LogP contribution in [0.25, 0.3) is 0 Å². The average Bonchev–Trinajstić information content (AvgIpc) is 2.45. The third-order valence-electron chi connectivity index (χ3n) is 1.93. The van der Waals surface area contributed by atoms with E-state index < -0.39 is 0 Å². The zero-order chi connectivity index (χ0) is 7.84. The number of hydrogen-bond acceptors (Lipinski definition) is 2. The molecule has 2 nitrogen and oxygen atoms in total. The third kappa shape index (κ3) is 0.997. The second-order valence-corrected chi connectivity index (χ2v) is 3.75. The van der Waals surface area contributed by atoms with Gasteiger partial charge in [0.05, 0.1) is 5.75 Å². The van der Waals surface area contributed by atoms with Crippen molar-refractivity contribution in [3.05, 3.63) is 17.8 Å². The number of aryl methyl sites for hydroxylation is 1. The maximum Gasteiger partial charge on any atom is 0.282 e. The van der Waals surface area contributed by atoms with Gasteiger partial charge in [-0.1, -0.05) is 0 Å². The minimum Gasteiger partial charge on any atom is -0.502 e. The summed E-state index contributed by atoms with van der Waals surface area (Å²) in [6, 6.07) is 3.71. The van der Waals surface area contributed by atoms with E-state index in [0.29, 0.717) is 5.75 Å². The Morgan fingerprint density at radius 2 is 2.36 bits per heavy atom. The highest BCUT2D eigenvalue weighted by Gasteiger charge is 2.25. The van der Waals surface area contributed by atoms with Gasteiger partial charge in [0.1, 0.15) is 0 Å². The van der Waals surface area contributed by atoms with Gasteiger partial charge in [0, 0.05) is 13.0 Å². The van der Waals surface area contributed by atoms with Crippen molar-refractivity contribution in [1.29, 1.82) is 0 Å². The van der Waals surface area contributed by atoms with Crippen molar-refractivity contribution >= 4 is 11.8 Å². The molecule has 0 aliphatic carbocycles. The molecular weight excluding hydrogens is 158 g/mol. The Morgan fingerprint density at radius 3 is 3.09 bits per heavy atom. The molecule has 1 aromatic heterocycles. The minimum absolute atomic E-state index is 0.415. The van der Waals surface area contributed by atoms with Crippen molar-refractivity contribution in [3.8, 4) is 5.75 Å². The van der Waals surface area contributed by atoms with E-state index in [1.165, 1.54) is 5.69 Å². The van der Waals surface area contributed by atoms with Gasteiger partial charge in [0.25, 0.3) is 5.03 Å². The molecule has 58 valence electrons. The van der Waals surface area contributed by atoms with Crippen LogP contribution in [0, 0.1) is 6.92 Å². The fourth-order valence-corrected chi connectivity index (χ4v) is 2.40. The molecule has 0 bridgehead atoms. The normalized spacial score (nSPS) is 15.0. The van der Waals surface area contributed by atoms with E-state index in [-0.39, 0.29) is 0 Å². The lowest BCUT2D eigenvalue weighted by molar-refractivity contribution is -0.729. The van der Waals surface area contributed by atoms with Crippen LogP contribution in [-0.2, 0) is 6.54 Å². The molecular formula is C8H10NOS+. The zero-order valence-electron chi connectivity index (χ0n) is 6.37. The molecule has 1 aromatic rings. The first-order chi connectivity index (χ1) is 5.29. The summed E-state index contributed by atoms with van der Waals surface area (Å²) < 4.78 is 2.15. The summed E-state index contributed by atoms with van der Waals surface area (Å²) in [7, 11) is 0. The summed E-state index contributed by atoms with van der Waals surface area (Å²) in [5.41, 5.74) is 1.22. The van der Waals surface area contributed by atoms with Crippen LogP contribution in [0.3, 0.4) is 0 Å². The Balaban J connectivity index is 2.64. The van der Waals surface area contributed by atoms with Crippen LogP contribution in [0.2, 0.25) is 0 Å². The molecule has 0 atom stereocenters. The number of fused-ring (bicyclic) bond motifs is 1. The molecule has 1 N–H and O–H groups in total. The molecule has 0 aromatic carbocycles. The molecule has 0 saturated heterocycles. The summed E-state index contributed by atoms with van der Waals surface area (Å²) in [6.45, 7) is 3.09. The molecule has 0 unspecified atom stereocenters. The summed E-state index contributed by atoms with van der Waals surface area (Å²) in [5.74, 6) is 1.50. The van der Waals surface area contributed by atoms with Crippen molar-refractivity contribution < 1.29 is 9.67 Å². The predicted molar refractivity (Wildman–Crippen MR) is 43.8 cm³/mol. The number of thioether (sulfide) groups is 1. The molecule has 1 aliphatic heterocycles. The lowest BCUT2D eigenvalue weighted by Crippen LogP contribution is -2.35. The van der Waals surface area contributed by atoms with E-state index in [1.54, 1.807) is 17.8 Å². The molecule has 1 aliphatic rings. The summed E-state index contributed by atoms with van der Waals surface area (Å²) in [6.07, 6.45) is 0. The van der Waals surface area contributed by atoms with E-state index in [1.807, 2.05) is 6.07 Å². The maximum absolute atomic E-state index is 9.41. The van der Waals surface area contributed by atoms with Crippen molar-refractivity contribution in [1.82, 2.24) is 0 Å². The predicted octanol–water partition coefficient (Wildman–Crippen LogP) is 1.09. The molecule has 2 heterocycles. The minimum atomic E-state index is 0.415.